The van der Waals surface area contributed by atoms with E-state index in [1.54, 1.807) is 7.05 Å². The largest absolute Gasteiger partial charge is 0.388 e. The Labute approximate surface area is 238 Å². The maximum absolute atomic E-state index is 10.8. The van der Waals surface area contributed by atoms with Crippen molar-refractivity contribution in [1.29, 1.82) is 0 Å². The molecule has 4 rings (SSSR count). The van der Waals surface area contributed by atoms with Gasteiger partial charge in [-0.1, -0.05) is 88.4 Å². The van der Waals surface area contributed by atoms with Gasteiger partial charge in [0, 0.05) is 37.2 Å². The van der Waals surface area contributed by atoms with Gasteiger partial charge in [0.1, 0.15) is 0 Å². The van der Waals surface area contributed by atoms with Gasteiger partial charge in [-0.15, -0.1) is 0 Å². The summed E-state index contributed by atoms with van der Waals surface area (Å²) >= 11 is 0. The molecule has 6 heteroatoms. The Morgan fingerprint density at radius 3 is 2.12 bits per heavy atom. The Bertz CT molecular complexity index is 1360. The first-order valence-corrected chi connectivity index (χ1v) is 13.7. The van der Waals surface area contributed by atoms with Crippen LogP contribution in [0.4, 0.5) is 13.2 Å². The maximum atomic E-state index is 10.8. The van der Waals surface area contributed by atoms with Crippen molar-refractivity contribution in [2.45, 2.75) is 73.9 Å². The molecule has 0 aliphatic carbocycles. The Morgan fingerprint density at radius 1 is 0.975 bits per heavy atom. The van der Waals surface area contributed by atoms with Crippen LogP contribution in [0.3, 0.4) is 0 Å². The number of allylic oxidation sites excluding steroid dienone is 1. The third-order valence-corrected chi connectivity index (χ3v) is 6.15. The molecular formula is C34H44F3N3. The monoisotopic (exact) mass is 551 g/mol. The minimum Gasteiger partial charge on any atom is -0.296 e. The number of fused-ring (bicyclic) bond motifs is 1. The van der Waals surface area contributed by atoms with Crippen LogP contribution in [0.2, 0.25) is 0 Å². The normalized spacial score (nSPS) is 10.7. The first kappa shape index (κ1) is 34.4. The first-order chi connectivity index (χ1) is 19.0. The molecule has 1 N–H and O–H groups in total. The van der Waals surface area contributed by atoms with Crippen molar-refractivity contribution in [3.8, 4) is 0 Å². The smallest absolute Gasteiger partial charge is 0.296 e. The van der Waals surface area contributed by atoms with Crippen molar-refractivity contribution in [2.24, 2.45) is 4.99 Å². The van der Waals surface area contributed by atoms with Gasteiger partial charge in [0.05, 0.1) is 5.52 Å². The standard InChI is InChI=1S/C20H21N3.C9H12.C3H5F3.C2H6/c1-13(2)16-7-8-19-18(11-16)20(23-22-19)10-15-5-6-17(12-21-4)14(3)9-15;1-3-9-7-5-4-6-8(9)2;1-2-3(4,5)6;1-2/h5-9,11-12H,1,10H2,2-4H3,(H,22,23);4-7H,3H2,1-2H3;2H2,1H3;1-2H3. The van der Waals surface area contributed by atoms with Gasteiger partial charge in [-0.3, -0.25) is 10.1 Å². The molecule has 0 aliphatic rings. The molecule has 216 valence electrons. The van der Waals surface area contributed by atoms with Crippen LogP contribution in [0.1, 0.15) is 80.1 Å². The molecule has 0 amide bonds. The van der Waals surface area contributed by atoms with Crippen LogP contribution in [0, 0.1) is 13.8 Å². The summed E-state index contributed by atoms with van der Waals surface area (Å²) in [4.78, 5) is 4.09. The van der Waals surface area contributed by atoms with Gasteiger partial charge in [-0.05, 0) is 72.7 Å². The molecule has 40 heavy (non-hydrogen) atoms. The van der Waals surface area contributed by atoms with Crippen LogP contribution in [0.15, 0.2) is 72.2 Å². The van der Waals surface area contributed by atoms with Gasteiger partial charge in [0.25, 0.3) is 0 Å². The topological polar surface area (TPSA) is 41.0 Å². The summed E-state index contributed by atoms with van der Waals surface area (Å²) in [5.74, 6) is 0. The summed E-state index contributed by atoms with van der Waals surface area (Å²) in [5, 5.41) is 8.76. The highest BCUT2D eigenvalue weighted by molar-refractivity contribution is 5.85. The number of aliphatic imine (C=N–C) groups is 1. The highest BCUT2D eigenvalue weighted by Gasteiger charge is 2.22. The first-order valence-electron chi connectivity index (χ1n) is 13.7. The minimum atomic E-state index is -3.96. The SMILES string of the molecule is C=C(C)c1ccc2n[nH]c(Cc3ccc(C=NC)c(C)c3)c2c1.CC.CCC(F)(F)F.CCc1ccccc1C. The van der Waals surface area contributed by atoms with Gasteiger partial charge in [0.2, 0.25) is 0 Å². The molecule has 0 fully saturated rings. The number of aryl methyl sites for hydroxylation is 3. The van der Waals surface area contributed by atoms with Crippen molar-refractivity contribution >= 4 is 22.7 Å². The molecular weight excluding hydrogens is 507 g/mol. The molecule has 3 nitrogen and oxygen atoms in total. The lowest BCUT2D eigenvalue weighted by atomic mass is 10.00. The number of aromatic nitrogens is 2. The van der Waals surface area contributed by atoms with E-state index in [2.05, 4.69) is 97.1 Å². The second-order valence-corrected chi connectivity index (χ2v) is 9.22. The van der Waals surface area contributed by atoms with E-state index in [0.717, 1.165) is 47.7 Å². The highest BCUT2D eigenvalue weighted by Crippen LogP contribution is 2.24. The van der Waals surface area contributed by atoms with Crippen molar-refractivity contribution in [2.75, 3.05) is 7.05 Å². The van der Waals surface area contributed by atoms with E-state index in [-0.39, 0.29) is 0 Å². The molecule has 1 aromatic heterocycles. The molecule has 0 spiro atoms. The van der Waals surface area contributed by atoms with E-state index in [9.17, 15) is 13.2 Å². The number of H-pyrrole nitrogens is 1. The summed E-state index contributed by atoms with van der Waals surface area (Å²) in [6.45, 7) is 17.6. The highest BCUT2D eigenvalue weighted by atomic mass is 19.4. The summed E-state index contributed by atoms with van der Waals surface area (Å²) in [6.07, 6.45) is -0.815. The van der Waals surface area contributed by atoms with Crippen LogP contribution >= 0.6 is 0 Å². The summed E-state index contributed by atoms with van der Waals surface area (Å²) in [7, 11) is 1.79. The zero-order valence-corrected chi connectivity index (χ0v) is 25.2. The zero-order chi connectivity index (χ0) is 30.3. The second-order valence-electron chi connectivity index (χ2n) is 9.22. The molecule has 0 saturated carbocycles. The number of alkyl halides is 3. The predicted molar refractivity (Wildman–Crippen MR) is 167 cm³/mol. The lowest BCUT2D eigenvalue weighted by Crippen LogP contribution is -2.02. The van der Waals surface area contributed by atoms with Crippen molar-refractivity contribution in [3.63, 3.8) is 0 Å². The number of rotatable bonds is 5. The quantitative estimate of drug-likeness (QED) is 0.246. The lowest BCUT2D eigenvalue weighted by molar-refractivity contribution is -0.130. The van der Waals surface area contributed by atoms with Crippen LogP contribution in [0.5, 0.6) is 0 Å². The Kier molecular flexibility index (Phi) is 14.7. The van der Waals surface area contributed by atoms with E-state index < -0.39 is 12.6 Å². The fourth-order valence-electron chi connectivity index (χ4n) is 3.81. The number of nitrogens with one attached hydrogen (secondary N) is 1. The van der Waals surface area contributed by atoms with E-state index >= 15 is 0 Å². The molecule has 0 atom stereocenters. The van der Waals surface area contributed by atoms with Crippen LogP contribution < -0.4 is 0 Å². The van der Waals surface area contributed by atoms with Crippen molar-refractivity contribution in [1.82, 2.24) is 10.2 Å². The van der Waals surface area contributed by atoms with E-state index in [1.165, 1.54) is 27.6 Å². The van der Waals surface area contributed by atoms with Crippen LogP contribution in [0.25, 0.3) is 16.5 Å². The van der Waals surface area contributed by atoms with Crippen molar-refractivity contribution < 1.29 is 13.2 Å². The number of benzene rings is 3. The molecule has 0 saturated heterocycles. The fraction of sp³-hybridized carbons (Fsp3) is 0.353. The fourth-order valence-corrected chi connectivity index (χ4v) is 3.81. The second kappa shape index (κ2) is 17.1. The summed E-state index contributed by atoms with van der Waals surface area (Å²) in [5.41, 5.74) is 10.9. The van der Waals surface area contributed by atoms with Gasteiger partial charge in [0.15, 0.2) is 0 Å². The van der Waals surface area contributed by atoms with Gasteiger partial charge < -0.3 is 0 Å². The average molecular weight is 552 g/mol. The molecule has 3 aromatic carbocycles. The third-order valence-electron chi connectivity index (χ3n) is 6.15. The lowest BCUT2D eigenvalue weighted by Gasteiger charge is -2.05. The van der Waals surface area contributed by atoms with E-state index in [1.807, 2.05) is 33.1 Å². The summed E-state index contributed by atoms with van der Waals surface area (Å²) < 4.78 is 32.4. The molecule has 0 bridgehead atoms. The van der Waals surface area contributed by atoms with E-state index in [0.29, 0.717) is 0 Å². The number of nitrogens with zero attached hydrogens (tertiary/aromatic N) is 2. The third kappa shape index (κ3) is 11.2. The Balaban J connectivity index is 0.000000387. The van der Waals surface area contributed by atoms with Crippen LogP contribution in [-0.4, -0.2) is 29.6 Å². The average Bonchev–Trinajstić information content (AvgIpc) is 3.34. The number of hydrogen-bond donors (Lipinski definition) is 1. The van der Waals surface area contributed by atoms with Crippen molar-refractivity contribution in [3.05, 3.63) is 106 Å². The minimum absolute atomic E-state index is 0.729. The maximum Gasteiger partial charge on any atom is 0.388 e. The van der Waals surface area contributed by atoms with Gasteiger partial charge >= 0.3 is 6.18 Å². The molecule has 0 unspecified atom stereocenters. The Morgan fingerprint density at radius 2 is 1.62 bits per heavy atom. The predicted octanol–water partition coefficient (Wildman–Crippen LogP) is 10.1. The molecule has 4 aromatic rings. The number of halogens is 3. The number of aromatic amines is 1. The van der Waals surface area contributed by atoms with Gasteiger partial charge in [-0.2, -0.15) is 18.3 Å². The molecule has 0 aliphatic heterocycles. The van der Waals surface area contributed by atoms with E-state index in [4.69, 9.17) is 0 Å². The Hall–Kier alpha value is -3.67. The van der Waals surface area contributed by atoms with Gasteiger partial charge in [-0.25, -0.2) is 0 Å². The molecule has 0 radical (unpaired) electrons. The molecule has 1 heterocycles. The summed E-state index contributed by atoms with van der Waals surface area (Å²) in [6, 6.07) is 21.3. The number of hydrogen-bond acceptors (Lipinski definition) is 2. The van der Waals surface area contributed by atoms with Crippen LogP contribution in [-0.2, 0) is 12.8 Å². The zero-order valence-electron chi connectivity index (χ0n) is 25.2.